The molecule has 25 heavy (non-hydrogen) atoms. The maximum absolute atomic E-state index is 12.6. The number of anilines is 2. The quantitative estimate of drug-likeness (QED) is 0.883. The van der Waals surface area contributed by atoms with Gasteiger partial charge in [0.1, 0.15) is 0 Å². The lowest BCUT2D eigenvalue weighted by Gasteiger charge is -2.29. The van der Waals surface area contributed by atoms with Crippen molar-refractivity contribution < 1.29 is 16.8 Å². The molecule has 6 nitrogen and oxygen atoms in total. The molecule has 8 heteroatoms. The first kappa shape index (κ1) is 17.8. The number of hydrogen-bond acceptors (Lipinski definition) is 4. The maximum Gasteiger partial charge on any atom is 0.262 e. The van der Waals surface area contributed by atoms with E-state index in [9.17, 15) is 16.8 Å². The van der Waals surface area contributed by atoms with Gasteiger partial charge in [0.15, 0.2) is 0 Å². The van der Waals surface area contributed by atoms with Crippen LogP contribution < -0.4 is 9.03 Å². The molecular weight excluding hydrogens is 360 g/mol. The van der Waals surface area contributed by atoms with Crippen LogP contribution >= 0.6 is 0 Å². The van der Waals surface area contributed by atoms with Crippen LogP contribution in [0.3, 0.4) is 0 Å². The topological polar surface area (TPSA) is 83.6 Å². The molecule has 0 fully saturated rings. The first-order valence-corrected chi connectivity index (χ1v) is 11.2. The van der Waals surface area contributed by atoms with E-state index in [4.69, 9.17) is 0 Å². The number of fused-ring (bicyclic) bond motifs is 1. The Bertz CT molecular complexity index is 1010. The van der Waals surface area contributed by atoms with Gasteiger partial charge in [0.2, 0.25) is 10.0 Å². The summed E-state index contributed by atoms with van der Waals surface area (Å²) in [6, 6.07) is 11.7. The van der Waals surface area contributed by atoms with Crippen molar-refractivity contribution in [2.75, 3.05) is 21.8 Å². The molecule has 2 aromatic carbocycles. The summed E-state index contributed by atoms with van der Waals surface area (Å²) in [7, 11) is -7.14. The Morgan fingerprint density at radius 3 is 2.44 bits per heavy atom. The predicted octanol–water partition coefficient (Wildman–Crippen LogP) is 2.51. The molecule has 0 saturated heterocycles. The van der Waals surface area contributed by atoms with Crippen molar-refractivity contribution in [3.8, 4) is 0 Å². The van der Waals surface area contributed by atoms with Gasteiger partial charge in [0, 0.05) is 6.54 Å². The van der Waals surface area contributed by atoms with Gasteiger partial charge in [-0.25, -0.2) is 16.8 Å². The standard InChI is InChI=1S/C17H20N2O4S2/c1-13-6-3-4-8-17(13)25(22,23)18-15-10-9-14-7-5-11-19(16(14)12-15)24(2,20)21/h3-4,6,8-10,12,18H,5,7,11H2,1-2H3. The fraction of sp³-hybridized carbons (Fsp3) is 0.294. The summed E-state index contributed by atoms with van der Waals surface area (Å²) in [5.41, 5.74) is 2.43. The first-order chi connectivity index (χ1) is 11.7. The highest BCUT2D eigenvalue weighted by atomic mass is 32.2. The van der Waals surface area contributed by atoms with Crippen LogP contribution in [0.2, 0.25) is 0 Å². The SMILES string of the molecule is Cc1ccccc1S(=O)(=O)Nc1ccc2c(c1)N(S(C)(=O)=O)CCC2. The van der Waals surface area contributed by atoms with Gasteiger partial charge in [-0.05, 0) is 49.1 Å². The van der Waals surface area contributed by atoms with E-state index < -0.39 is 20.0 Å². The summed E-state index contributed by atoms with van der Waals surface area (Å²) in [6.45, 7) is 2.13. The molecule has 0 saturated carbocycles. The van der Waals surface area contributed by atoms with Gasteiger partial charge in [-0.2, -0.15) is 0 Å². The Balaban J connectivity index is 1.99. The van der Waals surface area contributed by atoms with E-state index in [0.29, 0.717) is 23.5 Å². The van der Waals surface area contributed by atoms with Crippen molar-refractivity contribution in [2.45, 2.75) is 24.7 Å². The van der Waals surface area contributed by atoms with Crippen LogP contribution in [-0.4, -0.2) is 29.6 Å². The molecule has 1 aliphatic heterocycles. The fourth-order valence-corrected chi connectivity index (χ4v) is 5.30. The molecule has 0 bridgehead atoms. The van der Waals surface area contributed by atoms with Gasteiger partial charge in [-0.15, -0.1) is 0 Å². The minimum absolute atomic E-state index is 0.202. The molecule has 0 radical (unpaired) electrons. The largest absolute Gasteiger partial charge is 0.280 e. The summed E-state index contributed by atoms with van der Waals surface area (Å²) in [4.78, 5) is 0.202. The Labute approximate surface area is 148 Å². The van der Waals surface area contributed by atoms with Gasteiger partial charge < -0.3 is 0 Å². The Morgan fingerprint density at radius 1 is 1.04 bits per heavy atom. The zero-order valence-electron chi connectivity index (χ0n) is 14.1. The highest BCUT2D eigenvalue weighted by Crippen LogP contribution is 2.32. The third-order valence-electron chi connectivity index (χ3n) is 4.20. The Hall–Kier alpha value is -2.06. The number of hydrogen-bond donors (Lipinski definition) is 1. The fourth-order valence-electron chi connectivity index (χ4n) is 3.02. The Kier molecular flexibility index (Phi) is 4.51. The highest BCUT2D eigenvalue weighted by Gasteiger charge is 2.25. The maximum atomic E-state index is 12.6. The average Bonchev–Trinajstić information content (AvgIpc) is 2.53. The lowest BCUT2D eigenvalue weighted by molar-refractivity contribution is 0.592. The first-order valence-electron chi connectivity index (χ1n) is 7.87. The number of benzene rings is 2. The van der Waals surface area contributed by atoms with Crippen molar-refractivity contribution >= 4 is 31.4 Å². The third kappa shape index (κ3) is 3.64. The van der Waals surface area contributed by atoms with Crippen LogP contribution in [0, 0.1) is 6.92 Å². The van der Waals surface area contributed by atoms with Gasteiger partial charge >= 0.3 is 0 Å². The molecule has 0 spiro atoms. The molecular formula is C17H20N2O4S2. The summed E-state index contributed by atoms with van der Waals surface area (Å²) in [5.74, 6) is 0. The monoisotopic (exact) mass is 380 g/mol. The van der Waals surface area contributed by atoms with E-state index in [1.165, 1.54) is 4.31 Å². The van der Waals surface area contributed by atoms with E-state index in [2.05, 4.69) is 4.72 Å². The van der Waals surface area contributed by atoms with Crippen molar-refractivity contribution in [3.05, 3.63) is 53.6 Å². The van der Waals surface area contributed by atoms with Gasteiger partial charge in [-0.3, -0.25) is 9.03 Å². The molecule has 0 atom stereocenters. The number of aryl methyl sites for hydroxylation is 2. The van der Waals surface area contributed by atoms with Crippen molar-refractivity contribution in [1.29, 1.82) is 0 Å². The van der Waals surface area contributed by atoms with Crippen molar-refractivity contribution in [1.82, 2.24) is 0 Å². The van der Waals surface area contributed by atoms with Crippen LogP contribution in [0.4, 0.5) is 11.4 Å². The molecule has 1 heterocycles. The summed E-state index contributed by atoms with van der Waals surface area (Å²) in [6.07, 6.45) is 2.67. The zero-order chi connectivity index (χ0) is 18.2. The molecule has 1 N–H and O–H groups in total. The lowest BCUT2D eigenvalue weighted by atomic mass is 10.0. The van der Waals surface area contributed by atoms with E-state index in [1.807, 2.05) is 0 Å². The average molecular weight is 380 g/mol. The minimum atomic E-state index is -3.74. The van der Waals surface area contributed by atoms with Gasteiger partial charge in [0.25, 0.3) is 10.0 Å². The van der Waals surface area contributed by atoms with Crippen LogP contribution in [0.1, 0.15) is 17.5 Å². The van der Waals surface area contributed by atoms with Crippen LogP contribution in [0.5, 0.6) is 0 Å². The van der Waals surface area contributed by atoms with E-state index in [-0.39, 0.29) is 4.90 Å². The van der Waals surface area contributed by atoms with E-state index in [1.54, 1.807) is 49.4 Å². The van der Waals surface area contributed by atoms with E-state index >= 15 is 0 Å². The second kappa shape index (κ2) is 6.34. The summed E-state index contributed by atoms with van der Waals surface area (Å²) in [5, 5.41) is 0. The van der Waals surface area contributed by atoms with Crippen LogP contribution in [0.25, 0.3) is 0 Å². The lowest BCUT2D eigenvalue weighted by Crippen LogP contribution is -2.34. The smallest absolute Gasteiger partial charge is 0.262 e. The highest BCUT2D eigenvalue weighted by molar-refractivity contribution is 7.93. The van der Waals surface area contributed by atoms with Crippen LogP contribution in [-0.2, 0) is 26.5 Å². The number of sulfonamides is 2. The van der Waals surface area contributed by atoms with Crippen LogP contribution in [0.15, 0.2) is 47.4 Å². The second-order valence-corrected chi connectivity index (χ2v) is 9.71. The number of nitrogens with one attached hydrogen (secondary N) is 1. The summed E-state index contributed by atoms with van der Waals surface area (Å²) < 4.78 is 53.1. The third-order valence-corrected chi connectivity index (χ3v) is 6.92. The number of nitrogens with zero attached hydrogens (tertiary/aromatic N) is 1. The molecule has 0 unspecified atom stereocenters. The van der Waals surface area contributed by atoms with E-state index in [0.717, 1.165) is 24.7 Å². The molecule has 0 aromatic heterocycles. The Morgan fingerprint density at radius 2 is 1.76 bits per heavy atom. The molecule has 0 amide bonds. The molecule has 0 aliphatic carbocycles. The predicted molar refractivity (Wildman–Crippen MR) is 98.9 cm³/mol. The minimum Gasteiger partial charge on any atom is -0.280 e. The van der Waals surface area contributed by atoms with Gasteiger partial charge in [0.05, 0.1) is 22.5 Å². The van der Waals surface area contributed by atoms with Crippen molar-refractivity contribution in [3.63, 3.8) is 0 Å². The normalized spacial score (nSPS) is 14.9. The van der Waals surface area contributed by atoms with Crippen molar-refractivity contribution in [2.24, 2.45) is 0 Å². The molecule has 2 aromatic rings. The summed E-state index contributed by atoms with van der Waals surface area (Å²) >= 11 is 0. The second-order valence-electron chi connectivity index (χ2n) is 6.15. The molecule has 134 valence electrons. The molecule has 1 aliphatic rings. The zero-order valence-corrected chi connectivity index (χ0v) is 15.7. The van der Waals surface area contributed by atoms with Gasteiger partial charge in [-0.1, -0.05) is 24.3 Å². The molecule has 3 rings (SSSR count). The number of rotatable bonds is 4.